The van der Waals surface area contributed by atoms with Gasteiger partial charge in [0.05, 0.1) is 23.3 Å². The van der Waals surface area contributed by atoms with Crippen LogP contribution in [0.15, 0.2) is 90.6 Å². The molecule has 184 valence electrons. The minimum Gasteiger partial charge on any atom is -0.508 e. The van der Waals surface area contributed by atoms with E-state index in [0.717, 1.165) is 45.0 Å². The number of benzene rings is 3. The molecule has 0 radical (unpaired) electrons. The second-order valence-electron chi connectivity index (χ2n) is 8.87. The number of nitrogens with two attached hydrogens (primary N) is 1. The first-order valence-corrected chi connectivity index (χ1v) is 11.8. The van der Waals surface area contributed by atoms with Crippen LogP contribution in [0.5, 0.6) is 5.75 Å². The zero-order valence-electron chi connectivity index (χ0n) is 20.6. The van der Waals surface area contributed by atoms with Gasteiger partial charge in [-0.3, -0.25) is 4.68 Å². The van der Waals surface area contributed by atoms with Gasteiger partial charge in [-0.05, 0) is 43.7 Å². The van der Waals surface area contributed by atoms with E-state index in [2.05, 4.69) is 36.7 Å². The number of rotatable bonds is 6. The maximum Gasteiger partial charge on any atom is 0.134 e. The Morgan fingerprint density at radius 1 is 1.05 bits per heavy atom. The van der Waals surface area contributed by atoms with Crippen LogP contribution >= 0.6 is 0 Å². The van der Waals surface area contributed by atoms with E-state index >= 15 is 0 Å². The molecule has 37 heavy (non-hydrogen) atoms. The van der Waals surface area contributed by atoms with Gasteiger partial charge in [-0.2, -0.15) is 5.10 Å². The lowest BCUT2D eigenvalue weighted by Gasteiger charge is -2.14. The van der Waals surface area contributed by atoms with Crippen molar-refractivity contribution >= 4 is 16.7 Å². The molecule has 5 aromatic rings. The van der Waals surface area contributed by atoms with Gasteiger partial charge < -0.3 is 10.8 Å². The highest BCUT2D eigenvalue weighted by Gasteiger charge is 2.22. The predicted molar refractivity (Wildman–Crippen MR) is 146 cm³/mol. The Bertz CT molecular complexity index is 1670. The van der Waals surface area contributed by atoms with Crippen LogP contribution in [-0.4, -0.2) is 25.7 Å². The van der Waals surface area contributed by atoms with Crippen molar-refractivity contribution in [2.75, 3.05) is 0 Å². The van der Waals surface area contributed by atoms with Crippen molar-refractivity contribution in [2.45, 2.75) is 20.4 Å². The Kier molecular flexibility index (Phi) is 6.27. The first kappa shape index (κ1) is 23.9. The molecule has 5 rings (SSSR count). The van der Waals surface area contributed by atoms with Crippen LogP contribution in [0.4, 0.5) is 4.39 Å². The fourth-order valence-electron chi connectivity index (χ4n) is 4.60. The number of amidine groups is 1. The van der Waals surface area contributed by atoms with Crippen LogP contribution in [0.1, 0.15) is 22.4 Å². The van der Waals surface area contributed by atoms with E-state index in [1.54, 1.807) is 0 Å². The molecule has 0 aliphatic heterocycles. The molecule has 0 amide bonds. The molecule has 0 saturated heterocycles. The van der Waals surface area contributed by atoms with E-state index in [1.165, 1.54) is 18.3 Å². The third-order valence-corrected chi connectivity index (χ3v) is 6.37. The SMILES string of the molecule is C=CN=C(N)c1c(-c2cc(O)cc(F)c2)nn(Cc2cc3ccccc3nc2-c2ccccc2C)c1C. The van der Waals surface area contributed by atoms with Gasteiger partial charge in [0, 0.05) is 40.0 Å². The zero-order valence-corrected chi connectivity index (χ0v) is 20.6. The molecule has 0 bridgehead atoms. The Morgan fingerprint density at radius 3 is 2.57 bits per heavy atom. The van der Waals surface area contributed by atoms with E-state index in [1.807, 2.05) is 48.0 Å². The largest absolute Gasteiger partial charge is 0.508 e. The van der Waals surface area contributed by atoms with Crippen molar-refractivity contribution in [1.29, 1.82) is 0 Å². The topological polar surface area (TPSA) is 89.3 Å². The summed E-state index contributed by atoms with van der Waals surface area (Å²) in [7, 11) is 0. The number of hydrogen-bond acceptors (Lipinski definition) is 4. The number of nitrogens with zero attached hydrogens (tertiary/aromatic N) is 4. The molecular formula is C30H26FN5O. The fourth-order valence-corrected chi connectivity index (χ4v) is 4.60. The minimum absolute atomic E-state index is 0.201. The quantitative estimate of drug-likeness (QED) is 0.221. The Morgan fingerprint density at radius 2 is 1.81 bits per heavy atom. The molecule has 0 unspecified atom stereocenters. The summed E-state index contributed by atoms with van der Waals surface area (Å²) >= 11 is 0. The van der Waals surface area contributed by atoms with E-state index in [0.29, 0.717) is 23.4 Å². The molecular weight excluding hydrogens is 465 g/mol. The van der Waals surface area contributed by atoms with Gasteiger partial charge in [-0.1, -0.05) is 49.0 Å². The van der Waals surface area contributed by atoms with Crippen molar-refractivity contribution in [1.82, 2.24) is 14.8 Å². The summed E-state index contributed by atoms with van der Waals surface area (Å²) in [6.07, 6.45) is 1.35. The van der Waals surface area contributed by atoms with Crippen LogP contribution < -0.4 is 5.73 Å². The van der Waals surface area contributed by atoms with Gasteiger partial charge in [0.25, 0.3) is 0 Å². The third-order valence-electron chi connectivity index (χ3n) is 6.37. The number of hydrogen-bond donors (Lipinski definition) is 2. The second-order valence-corrected chi connectivity index (χ2v) is 8.87. The monoisotopic (exact) mass is 491 g/mol. The molecule has 6 nitrogen and oxygen atoms in total. The van der Waals surface area contributed by atoms with Gasteiger partial charge >= 0.3 is 0 Å². The van der Waals surface area contributed by atoms with Crippen molar-refractivity contribution in [3.8, 4) is 28.3 Å². The third kappa shape index (κ3) is 4.59. The average molecular weight is 492 g/mol. The van der Waals surface area contributed by atoms with E-state index in [4.69, 9.17) is 15.8 Å². The Labute approximate surface area is 214 Å². The summed E-state index contributed by atoms with van der Waals surface area (Å²) in [4.78, 5) is 9.18. The van der Waals surface area contributed by atoms with E-state index in [-0.39, 0.29) is 11.6 Å². The summed E-state index contributed by atoms with van der Waals surface area (Å²) in [5.74, 6) is -0.575. The number of aliphatic imine (C=N–C) groups is 1. The number of phenols is 1. The molecule has 7 heteroatoms. The molecule has 0 atom stereocenters. The highest BCUT2D eigenvalue weighted by molar-refractivity contribution is 6.04. The normalized spacial score (nSPS) is 11.7. The highest BCUT2D eigenvalue weighted by Crippen LogP contribution is 2.32. The molecule has 0 spiro atoms. The lowest BCUT2D eigenvalue weighted by molar-refractivity contribution is 0.469. The number of para-hydroxylation sites is 1. The summed E-state index contributed by atoms with van der Waals surface area (Å²) in [5.41, 5.74) is 13.3. The fraction of sp³-hybridized carbons (Fsp3) is 0.100. The van der Waals surface area contributed by atoms with Crippen molar-refractivity contribution < 1.29 is 9.50 Å². The maximum atomic E-state index is 14.2. The molecule has 0 saturated carbocycles. The van der Waals surface area contributed by atoms with Gasteiger partial charge in [-0.25, -0.2) is 14.4 Å². The second kappa shape index (κ2) is 9.70. The lowest BCUT2D eigenvalue weighted by atomic mass is 9.99. The predicted octanol–water partition coefficient (Wildman–Crippen LogP) is 6.12. The summed E-state index contributed by atoms with van der Waals surface area (Å²) in [6.45, 7) is 7.98. The number of fused-ring (bicyclic) bond motifs is 1. The Balaban J connectivity index is 1.72. The zero-order chi connectivity index (χ0) is 26.1. The molecule has 0 aliphatic carbocycles. The summed E-state index contributed by atoms with van der Waals surface area (Å²) in [5, 5.41) is 15.9. The summed E-state index contributed by atoms with van der Waals surface area (Å²) < 4.78 is 16.0. The van der Waals surface area contributed by atoms with Crippen molar-refractivity contribution in [3.63, 3.8) is 0 Å². The molecule has 2 aromatic heterocycles. The Hall–Kier alpha value is -4.78. The number of pyridine rings is 1. The molecule has 0 fully saturated rings. The van der Waals surface area contributed by atoms with E-state index in [9.17, 15) is 9.50 Å². The van der Waals surface area contributed by atoms with Gasteiger partial charge in [0.1, 0.15) is 23.1 Å². The molecule has 3 N–H and O–H groups in total. The number of halogens is 1. The number of aromatic hydroxyl groups is 1. The van der Waals surface area contributed by atoms with Crippen LogP contribution in [0.25, 0.3) is 33.4 Å². The molecule has 3 aromatic carbocycles. The van der Waals surface area contributed by atoms with Gasteiger partial charge in [0.2, 0.25) is 0 Å². The van der Waals surface area contributed by atoms with Crippen molar-refractivity contribution in [3.05, 3.63) is 114 Å². The van der Waals surface area contributed by atoms with Crippen LogP contribution in [0.3, 0.4) is 0 Å². The number of aryl methyl sites for hydroxylation is 1. The van der Waals surface area contributed by atoms with Crippen LogP contribution in [-0.2, 0) is 6.54 Å². The molecule has 0 aliphatic rings. The minimum atomic E-state index is -0.576. The maximum absolute atomic E-state index is 14.2. The standard InChI is InChI=1S/C30H26FN5O/c1-4-33-30(32)27-19(3)36(35-29(27)21-14-23(31)16-24(37)15-21)17-22-13-20-10-6-8-12-26(20)34-28(22)25-11-7-5-9-18(25)2/h4-16,37H,1,17H2,2-3H3,(H2,32,33). The molecule has 2 heterocycles. The van der Waals surface area contributed by atoms with Crippen molar-refractivity contribution in [2.24, 2.45) is 10.7 Å². The number of aromatic nitrogens is 3. The summed E-state index contributed by atoms with van der Waals surface area (Å²) in [6, 6.07) is 22.1. The van der Waals surface area contributed by atoms with Gasteiger partial charge in [0.15, 0.2) is 0 Å². The average Bonchev–Trinajstić information content (AvgIpc) is 3.19. The number of phenolic OH excluding ortho intramolecular Hbond substituents is 1. The lowest BCUT2D eigenvalue weighted by Crippen LogP contribution is -2.15. The highest BCUT2D eigenvalue weighted by atomic mass is 19.1. The first-order chi connectivity index (χ1) is 17.9. The smallest absolute Gasteiger partial charge is 0.134 e. The van der Waals surface area contributed by atoms with E-state index < -0.39 is 5.82 Å². The van der Waals surface area contributed by atoms with Crippen LogP contribution in [0.2, 0.25) is 0 Å². The first-order valence-electron chi connectivity index (χ1n) is 11.8. The van der Waals surface area contributed by atoms with Gasteiger partial charge in [-0.15, -0.1) is 0 Å². The van der Waals surface area contributed by atoms with Crippen LogP contribution in [0, 0.1) is 19.7 Å².